The summed E-state index contributed by atoms with van der Waals surface area (Å²) in [4.78, 5) is 27.0. The van der Waals surface area contributed by atoms with Crippen molar-refractivity contribution >= 4 is 23.8 Å². The lowest BCUT2D eigenvalue weighted by Crippen LogP contribution is -2.49. The van der Waals surface area contributed by atoms with Crippen molar-refractivity contribution in [1.29, 1.82) is 0 Å². The molecule has 1 heterocycles. The number of hydrogen-bond acceptors (Lipinski definition) is 6. The van der Waals surface area contributed by atoms with Gasteiger partial charge in [-0.15, -0.1) is 11.8 Å². The summed E-state index contributed by atoms with van der Waals surface area (Å²) in [6.07, 6.45) is 3.98. The number of nitrogens with zero attached hydrogens (tertiary/aromatic N) is 1. The van der Waals surface area contributed by atoms with Crippen LogP contribution >= 0.6 is 11.8 Å². The molecule has 0 aromatic heterocycles. The zero-order chi connectivity index (χ0) is 20.6. The van der Waals surface area contributed by atoms with Crippen molar-refractivity contribution < 1.29 is 23.8 Å². The maximum Gasteiger partial charge on any atom is 0.417 e. The number of carbonyl (C=O) groups excluding carboxylic acids is 2. The lowest BCUT2D eigenvalue weighted by atomic mass is 10.0. The second-order valence-electron chi connectivity index (χ2n) is 6.74. The molecule has 28 heavy (non-hydrogen) atoms. The zero-order valence-electron chi connectivity index (χ0n) is 16.9. The van der Waals surface area contributed by atoms with Gasteiger partial charge in [-0.2, -0.15) is 0 Å². The summed E-state index contributed by atoms with van der Waals surface area (Å²) in [5.41, 5.74) is 1.06. The predicted molar refractivity (Wildman–Crippen MR) is 110 cm³/mol. The van der Waals surface area contributed by atoms with Crippen LogP contribution < -0.4 is 0 Å². The van der Waals surface area contributed by atoms with E-state index in [9.17, 15) is 9.59 Å². The number of methoxy groups -OCH3 is 2. The fraction of sp³-hybridized carbons (Fsp3) is 0.524. The Hall–Kier alpha value is -1.83. The van der Waals surface area contributed by atoms with Crippen LogP contribution in [-0.4, -0.2) is 60.6 Å². The fourth-order valence-electron chi connectivity index (χ4n) is 3.18. The van der Waals surface area contributed by atoms with Crippen LogP contribution in [0.1, 0.15) is 25.8 Å². The summed E-state index contributed by atoms with van der Waals surface area (Å²) in [5.74, 6) is 0.385. The van der Waals surface area contributed by atoms with Crippen LogP contribution in [0.15, 0.2) is 42.5 Å². The normalized spacial score (nSPS) is 19.2. The van der Waals surface area contributed by atoms with Gasteiger partial charge in [0.25, 0.3) is 5.91 Å². The second kappa shape index (κ2) is 10.6. The molecule has 154 valence electrons. The van der Waals surface area contributed by atoms with Gasteiger partial charge in [-0.25, -0.2) is 9.69 Å². The Morgan fingerprint density at radius 2 is 2.04 bits per heavy atom. The first-order chi connectivity index (χ1) is 13.4. The van der Waals surface area contributed by atoms with Gasteiger partial charge >= 0.3 is 6.09 Å². The van der Waals surface area contributed by atoms with Gasteiger partial charge in [0.15, 0.2) is 6.29 Å². The minimum absolute atomic E-state index is 0.214. The monoisotopic (exact) mass is 407 g/mol. The molecular weight excluding hydrogens is 378 g/mol. The van der Waals surface area contributed by atoms with E-state index in [1.54, 1.807) is 14.2 Å². The van der Waals surface area contributed by atoms with Gasteiger partial charge in [-0.1, -0.05) is 42.5 Å². The van der Waals surface area contributed by atoms with Crippen molar-refractivity contribution in [3.8, 4) is 0 Å². The van der Waals surface area contributed by atoms with E-state index >= 15 is 0 Å². The molecule has 0 bridgehead atoms. The highest BCUT2D eigenvalue weighted by molar-refractivity contribution is 8.01. The first kappa shape index (κ1) is 22.5. The number of benzene rings is 1. The van der Waals surface area contributed by atoms with Crippen molar-refractivity contribution in [3.05, 3.63) is 48.0 Å². The number of amides is 2. The van der Waals surface area contributed by atoms with E-state index in [0.29, 0.717) is 18.6 Å². The van der Waals surface area contributed by atoms with Gasteiger partial charge in [0.2, 0.25) is 0 Å². The fourth-order valence-corrected chi connectivity index (χ4v) is 4.37. The van der Waals surface area contributed by atoms with E-state index < -0.39 is 10.8 Å². The Morgan fingerprint density at radius 3 is 2.64 bits per heavy atom. The molecule has 0 radical (unpaired) electrons. The maximum absolute atomic E-state index is 13.4. The van der Waals surface area contributed by atoms with Gasteiger partial charge in [-0.05, 0) is 31.6 Å². The molecule has 0 saturated carbocycles. The van der Waals surface area contributed by atoms with E-state index in [1.165, 1.54) is 16.7 Å². The SMILES string of the molecule is C/C=C/[C@](C)(SCCC(OC)OC)C(=O)N1C(=O)OC[C@@H]1Cc1ccccc1. The minimum atomic E-state index is -0.876. The number of hydrogen-bond donors (Lipinski definition) is 0. The number of thioether (sulfide) groups is 1. The molecular formula is C21H29NO5S. The largest absolute Gasteiger partial charge is 0.447 e. The van der Waals surface area contributed by atoms with Gasteiger partial charge in [0.05, 0.1) is 6.04 Å². The van der Waals surface area contributed by atoms with Crippen molar-refractivity contribution in [2.45, 2.75) is 43.8 Å². The zero-order valence-corrected chi connectivity index (χ0v) is 17.7. The lowest BCUT2D eigenvalue weighted by Gasteiger charge is -2.30. The Morgan fingerprint density at radius 1 is 1.36 bits per heavy atom. The number of allylic oxidation sites excluding steroid dienone is 1. The van der Waals surface area contributed by atoms with E-state index in [0.717, 1.165) is 5.56 Å². The number of imide groups is 1. The second-order valence-corrected chi connectivity index (χ2v) is 8.29. The molecule has 7 heteroatoms. The van der Waals surface area contributed by atoms with Gasteiger partial charge in [0.1, 0.15) is 11.4 Å². The average Bonchev–Trinajstić information content (AvgIpc) is 3.05. The third kappa shape index (κ3) is 5.59. The minimum Gasteiger partial charge on any atom is -0.447 e. The molecule has 0 aliphatic carbocycles. The van der Waals surface area contributed by atoms with Gasteiger partial charge < -0.3 is 14.2 Å². The maximum atomic E-state index is 13.4. The Kier molecular flexibility index (Phi) is 8.54. The van der Waals surface area contributed by atoms with Crippen molar-refractivity contribution in [2.75, 3.05) is 26.6 Å². The van der Waals surface area contributed by atoms with Crippen LogP contribution in [0.25, 0.3) is 0 Å². The number of carbonyl (C=O) groups is 2. The van der Waals surface area contributed by atoms with E-state index in [1.807, 2.05) is 56.3 Å². The molecule has 2 amide bonds. The first-order valence-corrected chi connectivity index (χ1v) is 10.3. The van der Waals surface area contributed by atoms with E-state index in [4.69, 9.17) is 14.2 Å². The third-order valence-electron chi connectivity index (χ3n) is 4.68. The first-order valence-electron chi connectivity index (χ1n) is 9.33. The van der Waals surface area contributed by atoms with Crippen LogP contribution in [-0.2, 0) is 25.4 Å². The van der Waals surface area contributed by atoms with E-state index in [2.05, 4.69) is 0 Å². The summed E-state index contributed by atoms with van der Waals surface area (Å²) in [6.45, 7) is 3.91. The van der Waals surface area contributed by atoms with Crippen LogP contribution in [0.2, 0.25) is 0 Å². The third-order valence-corrected chi connectivity index (χ3v) is 6.03. The predicted octanol–water partition coefficient (Wildman–Crippen LogP) is 3.65. The highest BCUT2D eigenvalue weighted by atomic mass is 32.2. The van der Waals surface area contributed by atoms with Crippen molar-refractivity contribution in [2.24, 2.45) is 0 Å². The molecule has 1 aromatic carbocycles. The van der Waals surface area contributed by atoms with Crippen LogP contribution in [0.3, 0.4) is 0 Å². The standard InChI is InChI=1S/C21H29NO5S/c1-5-12-21(2,28-13-11-18(25-3)26-4)19(23)22-17(15-27-20(22)24)14-16-9-7-6-8-10-16/h5-10,12,17-18H,11,13-15H2,1-4H3/b12-5+/t17-,21-/m0/s1. The number of rotatable bonds is 10. The van der Waals surface area contributed by atoms with Crippen molar-refractivity contribution in [3.63, 3.8) is 0 Å². The highest BCUT2D eigenvalue weighted by Crippen LogP contribution is 2.33. The summed E-state index contributed by atoms with van der Waals surface area (Å²) in [6, 6.07) is 9.50. The molecule has 1 aliphatic rings. The van der Waals surface area contributed by atoms with Gasteiger partial charge in [-0.3, -0.25) is 4.79 Å². The van der Waals surface area contributed by atoms with Gasteiger partial charge in [0, 0.05) is 20.6 Å². The smallest absolute Gasteiger partial charge is 0.417 e. The quantitative estimate of drug-likeness (QED) is 0.436. The molecule has 1 fully saturated rings. The summed E-state index contributed by atoms with van der Waals surface area (Å²) >= 11 is 1.47. The summed E-state index contributed by atoms with van der Waals surface area (Å²) in [7, 11) is 3.17. The number of cyclic esters (lactones) is 1. The highest BCUT2D eigenvalue weighted by Gasteiger charge is 2.45. The van der Waals surface area contributed by atoms with Crippen LogP contribution in [0, 0.1) is 0 Å². The molecule has 2 atom stereocenters. The lowest BCUT2D eigenvalue weighted by molar-refractivity contribution is -0.130. The molecule has 1 saturated heterocycles. The number of ether oxygens (including phenoxy) is 3. The van der Waals surface area contributed by atoms with Crippen LogP contribution in [0.4, 0.5) is 4.79 Å². The Labute approximate surface area is 171 Å². The molecule has 0 unspecified atom stereocenters. The average molecular weight is 408 g/mol. The van der Waals surface area contributed by atoms with E-state index in [-0.39, 0.29) is 24.8 Å². The Balaban J connectivity index is 2.13. The summed E-state index contributed by atoms with van der Waals surface area (Å²) < 4.78 is 14.8. The molecule has 1 aliphatic heterocycles. The summed E-state index contributed by atoms with van der Waals surface area (Å²) in [5, 5.41) is 0. The van der Waals surface area contributed by atoms with Crippen molar-refractivity contribution in [1.82, 2.24) is 4.90 Å². The molecule has 6 nitrogen and oxygen atoms in total. The molecule has 2 rings (SSSR count). The Bertz CT molecular complexity index is 677. The van der Waals surface area contributed by atoms with Crippen LogP contribution in [0.5, 0.6) is 0 Å². The molecule has 0 N–H and O–H groups in total. The topological polar surface area (TPSA) is 65.1 Å². The molecule has 0 spiro atoms. The molecule has 1 aromatic rings.